The van der Waals surface area contributed by atoms with Crippen LogP contribution < -0.4 is 9.62 Å². The minimum atomic E-state index is -3.62. The number of carbonyl (C=O) groups excluding carboxylic acids is 1. The highest BCUT2D eigenvalue weighted by Gasteiger charge is 2.27. The number of hydrogen-bond acceptors (Lipinski definition) is 7. The van der Waals surface area contributed by atoms with Gasteiger partial charge in [-0.2, -0.15) is 0 Å². The van der Waals surface area contributed by atoms with Crippen molar-refractivity contribution < 1.29 is 17.9 Å². The molecule has 2 aromatic heterocycles. The SMILES string of the molecule is CC(C)(C)OC(=O)N1CCN(c2nccc3sc(S(=O)(=O)NCCc4ccccc4)cc23)CC1. The van der Waals surface area contributed by atoms with E-state index in [1.807, 2.05) is 57.2 Å². The van der Waals surface area contributed by atoms with E-state index in [0.29, 0.717) is 39.1 Å². The number of benzene rings is 1. The van der Waals surface area contributed by atoms with Gasteiger partial charge in [0.1, 0.15) is 15.6 Å². The van der Waals surface area contributed by atoms with Gasteiger partial charge in [0.05, 0.1) is 0 Å². The van der Waals surface area contributed by atoms with Gasteiger partial charge in [0.2, 0.25) is 10.0 Å². The van der Waals surface area contributed by atoms with Crippen molar-refractivity contribution in [2.75, 3.05) is 37.6 Å². The summed E-state index contributed by atoms with van der Waals surface area (Å²) in [5.74, 6) is 0.739. The van der Waals surface area contributed by atoms with Crippen LogP contribution in [0.1, 0.15) is 26.3 Å². The third-order valence-corrected chi connectivity index (χ3v) is 8.48. The normalized spacial score (nSPS) is 15.0. The minimum Gasteiger partial charge on any atom is -0.444 e. The average molecular weight is 503 g/mol. The second-order valence-corrected chi connectivity index (χ2v) is 12.3. The maximum atomic E-state index is 12.9. The van der Waals surface area contributed by atoms with E-state index in [-0.39, 0.29) is 10.3 Å². The lowest BCUT2D eigenvalue weighted by atomic mass is 10.2. The van der Waals surface area contributed by atoms with Crippen LogP contribution in [0.3, 0.4) is 0 Å². The first-order valence-electron chi connectivity index (χ1n) is 11.3. The number of ether oxygens (including phenoxy) is 1. The smallest absolute Gasteiger partial charge is 0.410 e. The van der Waals surface area contributed by atoms with Crippen LogP contribution in [0.15, 0.2) is 52.9 Å². The first-order valence-corrected chi connectivity index (χ1v) is 13.6. The topological polar surface area (TPSA) is 91.8 Å². The molecule has 4 rings (SSSR count). The fraction of sp³-hybridized carbons (Fsp3) is 0.417. The van der Waals surface area contributed by atoms with Gasteiger partial charge >= 0.3 is 6.09 Å². The Morgan fingerprint density at radius 1 is 1.12 bits per heavy atom. The van der Waals surface area contributed by atoms with Crippen molar-refractivity contribution in [1.82, 2.24) is 14.6 Å². The van der Waals surface area contributed by atoms with E-state index in [1.165, 1.54) is 11.3 Å². The summed E-state index contributed by atoms with van der Waals surface area (Å²) in [4.78, 5) is 20.7. The second-order valence-electron chi connectivity index (χ2n) is 9.20. The van der Waals surface area contributed by atoms with Gasteiger partial charge in [-0.3, -0.25) is 0 Å². The molecule has 8 nitrogen and oxygen atoms in total. The molecule has 1 saturated heterocycles. The summed E-state index contributed by atoms with van der Waals surface area (Å²) in [7, 11) is -3.62. The predicted molar refractivity (Wildman–Crippen MR) is 135 cm³/mol. The molecule has 0 bridgehead atoms. The van der Waals surface area contributed by atoms with Crippen molar-refractivity contribution in [2.24, 2.45) is 0 Å². The van der Waals surface area contributed by atoms with Gasteiger partial charge in [-0.25, -0.2) is 22.9 Å². The van der Waals surface area contributed by atoms with Crippen molar-refractivity contribution in [3.63, 3.8) is 0 Å². The maximum Gasteiger partial charge on any atom is 0.410 e. The van der Waals surface area contributed by atoms with Gasteiger partial charge < -0.3 is 14.5 Å². The van der Waals surface area contributed by atoms with Crippen LogP contribution in [0, 0.1) is 0 Å². The number of hydrogen-bond donors (Lipinski definition) is 1. The van der Waals surface area contributed by atoms with Crippen LogP contribution in [0.25, 0.3) is 10.1 Å². The summed E-state index contributed by atoms with van der Waals surface area (Å²) in [6.07, 6.45) is 2.01. The molecule has 1 aliphatic heterocycles. The van der Waals surface area contributed by atoms with E-state index in [9.17, 15) is 13.2 Å². The van der Waals surface area contributed by atoms with Gasteiger partial charge in [0, 0.05) is 49.0 Å². The van der Waals surface area contributed by atoms with Crippen LogP contribution in [-0.2, 0) is 21.2 Å². The number of sulfonamides is 1. The van der Waals surface area contributed by atoms with Gasteiger partial charge in [0.25, 0.3) is 0 Å². The Labute approximate surface area is 204 Å². The fourth-order valence-corrected chi connectivity index (χ4v) is 6.24. The molecule has 10 heteroatoms. The Morgan fingerprint density at radius 3 is 2.50 bits per heavy atom. The molecule has 0 unspecified atom stereocenters. The molecule has 3 aromatic rings. The number of carbonyl (C=O) groups is 1. The number of fused-ring (bicyclic) bond motifs is 1. The molecule has 1 amide bonds. The number of rotatable bonds is 6. The number of nitrogens with one attached hydrogen (secondary N) is 1. The average Bonchev–Trinajstić information content (AvgIpc) is 3.24. The molecule has 1 N–H and O–H groups in total. The Bertz CT molecular complexity index is 1240. The predicted octanol–water partition coefficient (Wildman–Crippen LogP) is 3.87. The maximum absolute atomic E-state index is 12.9. The minimum absolute atomic E-state index is 0.275. The standard InChI is InChI=1S/C24H30N4O4S2/c1-24(2,3)32-23(29)28-15-13-27(14-16-28)22-19-17-21(33-20(19)10-11-25-22)34(30,31)26-12-9-18-7-5-4-6-8-18/h4-8,10-11,17,26H,9,12-16H2,1-3H3. The van der Waals surface area contributed by atoms with Crippen molar-refractivity contribution in [1.29, 1.82) is 0 Å². The van der Waals surface area contributed by atoms with Crippen molar-refractivity contribution in [3.8, 4) is 0 Å². The van der Waals surface area contributed by atoms with Gasteiger partial charge in [-0.05, 0) is 44.9 Å². The third-order valence-electron chi connectivity index (χ3n) is 5.45. The highest BCUT2D eigenvalue weighted by Crippen LogP contribution is 2.34. The molecule has 1 fully saturated rings. The summed E-state index contributed by atoms with van der Waals surface area (Å²) in [5.41, 5.74) is 0.549. The summed E-state index contributed by atoms with van der Waals surface area (Å²) >= 11 is 1.24. The largest absolute Gasteiger partial charge is 0.444 e. The summed E-state index contributed by atoms with van der Waals surface area (Å²) in [6.45, 7) is 8.11. The zero-order chi connectivity index (χ0) is 24.3. The molecule has 1 aliphatic rings. The highest BCUT2D eigenvalue weighted by molar-refractivity contribution is 7.91. The quantitative estimate of drug-likeness (QED) is 0.550. The van der Waals surface area contributed by atoms with Crippen LogP contribution in [0.5, 0.6) is 0 Å². The first-order chi connectivity index (χ1) is 16.1. The van der Waals surface area contributed by atoms with E-state index >= 15 is 0 Å². The molecule has 182 valence electrons. The second kappa shape index (κ2) is 9.89. The number of anilines is 1. The van der Waals surface area contributed by atoms with Crippen molar-refractivity contribution in [2.45, 2.75) is 37.0 Å². The number of thiophene rings is 1. The lowest BCUT2D eigenvalue weighted by Gasteiger charge is -2.36. The molecule has 0 aliphatic carbocycles. The Kier molecular flexibility index (Phi) is 7.11. The summed E-state index contributed by atoms with van der Waals surface area (Å²) in [6, 6.07) is 13.3. The van der Waals surface area contributed by atoms with E-state index in [0.717, 1.165) is 21.5 Å². The van der Waals surface area contributed by atoms with Crippen molar-refractivity contribution >= 4 is 43.4 Å². The number of amides is 1. The molecule has 0 atom stereocenters. The molecule has 0 saturated carbocycles. The first kappa shape index (κ1) is 24.4. The highest BCUT2D eigenvalue weighted by atomic mass is 32.2. The monoisotopic (exact) mass is 502 g/mol. The molecule has 1 aromatic carbocycles. The zero-order valence-electron chi connectivity index (χ0n) is 19.7. The van der Waals surface area contributed by atoms with E-state index in [2.05, 4.69) is 14.6 Å². The van der Waals surface area contributed by atoms with E-state index in [4.69, 9.17) is 4.74 Å². The lowest BCUT2D eigenvalue weighted by molar-refractivity contribution is 0.0240. The molecular formula is C24H30N4O4S2. The Hall–Kier alpha value is -2.69. The van der Waals surface area contributed by atoms with Gasteiger partial charge in [-0.1, -0.05) is 30.3 Å². The summed E-state index contributed by atoms with van der Waals surface area (Å²) in [5, 5.41) is 0.807. The molecule has 34 heavy (non-hydrogen) atoms. The van der Waals surface area contributed by atoms with Crippen LogP contribution >= 0.6 is 11.3 Å². The van der Waals surface area contributed by atoms with E-state index < -0.39 is 15.6 Å². The molecular weight excluding hydrogens is 472 g/mol. The number of pyridine rings is 1. The third kappa shape index (κ3) is 5.86. The Balaban J connectivity index is 1.44. The number of piperazine rings is 1. The summed E-state index contributed by atoms with van der Waals surface area (Å²) < 4.78 is 35.2. The van der Waals surface area contributed by atoms with Gasteiger partial charge in [-0.15, -0.1) is 11.3 Å². The van der Waals surface area contributed by atoms with Crippen LogP contribution in [0.2, 0.25) is 0 Å². The number of aromatic nitrogens is 1. The fourth-order valence-electron chi connectivity index (χ4n) is 3.78. The zero-order valence-corrected chi connectivity index (χ0v) is 21.3. The Morgan fingerprint density at radius 2 is 1.82 bits per heavy atom. The lowest BCUT2D eigenvalue weighted by Crippen LogP contribution is -2.50. The van der Waals surface area contributed by atoms with Crippen LogP contribution in [0.4, 0.5) is 10.6 Å². The van der Waals surface area contributed by atoms with E-state index in [1.54, 1.807) is 17.2 Å². The van der Waals surface area contributed by atoms with Crippen LogP contribution in [-0.4, -0.2) is 62.7 Å². The molecule has 3 heterocycles. The van der Waals surface area contributed by atoms with Crippen molar-refractivity contribution in [3.05, 3.63) is 54.2 Å². The van der Waals surface area contributed by atoms with Gasteiger partial charge in [0.15, 0.2) is 0 Å². The number of nitrogens with zero attached hydrogens (tertiary/aromatic N) is 3. The molecule has 0 spiro atoms. The molecule has 0 radical (unpaired) electrons.